The van der Waals surface area contributed by atoms with Gasteiger partial charge in [0.2, 0.25) is 5.88 Å². The Morgan fingerprint density at radius 2 is 2.35 bits per heavy atom. The van der Waals surface area contributed by atoms with E-state index in [1.807, 2.05) is 6.08 Å². The van der Waals surface area contributed by atoms with Crippen LogP contribution in [0.4, 0.5) is 5.82 Å². The second kappa shape index (κ2) is 7.62. The minimum absolute atomic E-state index is 0.570. The summed E-state index contributed by atoms with van der Waals surface area (Å²) in [7, 11) is 0. The first-order valence-corrected chi connectivity index (χ1v) is 5.88. The molecular formula is C12H20N4O. The first kappa shape index (κ1) is 13.4. The van der Waals surface area contributed by atoms with Gasteiger partial charge >= 0.3 is 0 Å². The zero-order valence-corrected chi connectivity index (χ0v) is 10.3. The number of nitrogens with two attached hydrogens (primary N) is 1. The van der Waals surface area contributed by atoms with E-state index in [0.717, 1.165) is 31.5 Å². The SMILES string of the molecule is C=CCCCOc1cc(NN)nc(CCC)n1. The zero-order valence-electron chi connectivity index (χ0n) is 10.3. The maximum atomic E-state index is 5.54. The lowest BCUT2D eigenvalue weighted by molar-refractivity contribution is 0.299. The van der Waals surface area contributed by atoms with Gasteiger partial charge < -0.3 is 10.2 Å². The summed E-state index contributed by atoms with van der Waals surface area (Å²) in [5.74, 6) is 7.26. The molecule has 1 aromatic heterocycles. The Morgan fingerprint density at radius 3 is 3.00 bits per heavy atom. The number of aromatic nitrogens is 2. The van der Waals surface area contributed by atoms with Crippen LogP contribution in [0.15, 0.2) is 18.7 Å². The molecule has 1 rings (SSSR count). The van der Waals surface area contributed by atoms with Crippen molar-refractivity contribution < 1.29 is 4.74 Å². The van der Waals surface area contributed by atoms with Crippen LogP contribution in [0.2, 0.25) is 0 Å². The van der Waals surface area contributed by atoms with E-state index in [4.69, 9.17) is 10.6 Å². The molecule has 0 spiro atoms. The Balaban J connectivity index is 2.62. The lowest BCUT2D eigenvalue weighted by Gasteiger charge is -2.08. The molecule has 0 amide bonds. The van der Waals surface area contributed by atoms with Gasteiger partial charge in [0.1, 0.15) is 11.6 Å². The maximum Gasteiger partial charge on any atom is 0.218 e. The van der Waals surface area contributed by atoms with E-state index in [1.54, 1.807) is 6.07 Å². The van der Waals surface area contributed by atoms with Gasteiger partial charge in [-0.1, -0.05) is 13.0 Å². The minimum atomic E-state index is 0.570. The molecule has 1 aromatic rings. The average molecular weight is 236 g/mol. The summed E-state index contributed by atoms with van der Waals surface area (Å²) in [5, 5.41) is 0. The molecule has 0 aliphatic rings. The number of rotatable bonds is 8. The van der Waals surface area contributed by atoms with Crippen molar-refractivity contribution in [2.24, 2.45) is 5.84 Å². The highest BCUT2D eigenvalue weighted by Gasteiger charge is 2.04. The van der Waals surface area contributed by atoms with Crippen LogP contribution < -0.4 is 16.0 Å². The van der Waals surface area contributed by atoms with Crippen LogP contribution in [0.25, 0.3) is 0 Å². The number of nitrogens with one attached hydrogen (secondary N) is 1. The molecule has 17 heavy (non-hydrogen) atoms. The van der Waals surface area contributed by atoms with Gasteiger partial charge in [-0.3, -0.25) is 0 Å². The highest BCUT2D eigenvalue weighted by Crippen LogP contribution is 2.14. The molecule has 1 heterocycles. The van der Waals surface area contributed by atoms with Crippen LogP contribution in [0.3, 0.4) is 0 Å². The smallest absolute Gasteiger partial charge is 0.218 e. The van der Waals surface area contributed by atoms with Gasteiger partial charge in [0.05, 0.1) is 6.61 Å². The molecule has 0 saturated carbocycles. The van der Waals surface area contributed by atoms with Crippen LogP contribution in [0.5, 0.6) is 5.88 Å². The lowest BCUT2D eigenvalue weighted by Crippen LogP contribution is -2.11. The number of unbranched alkanes of at least 4 members (excludes halogenated alkanes) is 1. The first-order valence-electron chi connectivity index (χ1n) is 5.88. The summed E-state index contributed by atoms with van der Waals surface area (Å²) in [6.07, 6.45) is 5.55. The Bertz CT molecular complexity index is 354. The van der Waals surface area contributed by atoms with E-state index in [9.17, 15) is 0 Å². The highest BCUT2D eigenvalue weighted by molar-refractivity contribution is 5.36. The summed E-state index contributed by atoms with van der Waals surface area (Å²) in [6, 6.07) is 1.70. The maximum absolute atomic E-state index is 5.54. The molecule has 0 aliphatic heterocycles. The molecular weight excluding hydrogens is 216 g/mol. The van der Waals surface area contributed by atoms with E-state index in [-0.39, 0.29) is 0 Å². The molecule has 0 bridgehead atoms. The van der Waals surface area contributed by atoms with Gasteiger partial charge in [0.15, 0.2) is 0 Å². The molecule has 0 aliphatic carbocycles. The summed E-state index contributed by atoms with van der Waals surface area (Å²) >= 11 is 0. The fourth-order valence-electron chi connectivity index (χ4n) is 1.36. The molecule has 0 atom stereocenters. The molecule has 0 radical (unpaired) electrons. The molecule has 0 aromatic carbocycles. The Hall–Kier alpha value is -1.62. The number of hydrogen-bond donors (Lipinski definition) is 2. The van der Waals surface area contributed by atoms with Gasteiger partial charge in [-0.2, -0.15) is 4.98 Å². The number of hydrazine groups is 1. The summed E-state index contributed by atoms with van der Waals surface area (Å²) < 4.78 is 5.54. The summed E-state index contributed by atoms with van der Waals surface area (Å²) in [4.78, 5) is 8.56. The van der Waals surface area contributed by atoms with Crippen LogP contribution in [0.1, 0.15) is 32.0 Å². The van der Waals surface area contributed by atoms with Crippen LogP contribution in [0, 0.1) is 0 Å². The molecule has 94 valence electrons. The predicted octanol–water partition coefficient (Wildman–Crippen LogP) is 2.06. The standard InChI is InChI=1S/C12H20N4O/c1-3-5-6-8-17-12-9-11(16-13)14-10(15-12)7-4-2/h3,9H,1,4-8,13H2,2H3,(H,14,15,16). The minimum Gasteiger partial charge on any atom is -0.478 e. The lowest BCUT2D eigenvalue weighted by atomic mass is 10.3. The number of allylic oxidation sites excluding steroid dienone is 1. The monoisotopic (exact) mass is 236 g/mol. The molecule has 3 N–H and O–H groups in total. The summed E-state index contributed by atoms with van der Waals surface area (Å²) in [5.41, 5.74) is 2.52. The first-order chi connectivity index (χ1) is 8.30. The molecule has 0 fully saturated rings. The number of anilines is 1. The van der Waals surface area contributed by atoms with E-state index < -0.39 is 0 Å². The average Bonchev–Trinajstić information content (AvgIpc) is 2.35. The largest absolute Gasteiger partial charge is 0.478 e. The normalized spacial score (nSPS) is 10.0. The van der Waals surface area contributed by atoms with Crippen molar-refractivity contribution in [3.63, 3.8) is 0 Å². The Kier molecular flexibility index (Phi) is 6.03. The van der Waals surface area contributed by atoms with Gasteiger partial charge in [0.25, 0.3) is 0 Å². The van der Waals surface area contributed by atoms with Crippen LogP contribution >= 0.6 is 0 Å². The number of nitrogen functional groups attached to an aromatic ring is 1. The van der Waals surface area contributed by atoms with Crippen LogP contribution in [-0.4, -0.2) is 16.6 Å². The molecule has 5 nitrogen and oxygen atoms in total. The Morgan fingerprint density at radius 1 is 1.53 bits per heavy atom. The van der Waals surface area contributed by atoms with E-state index in [2.05, 4.69) is 28.9 Å². The number of aryl methyl sites for hydroxylation is 1. The molecule has 0 unspecified atom stereocenters. The van der Waals surface area contributed by atoms with Gasteiger partial charge in [-0.25, -0.2) is 10.8 Å². The Labute approximate surface area is 102 Å². The zero-order chi connectivity index (χ0) is 12.5. The quantitative estimate of drug-likeness (QED) is 0.313. The van der Waals surface area contributed by atoms with Crippen molar-refractivity contribution in [2.45, 2.75) is 32.6 Å². The van der Waals surface area contributed by atoms with E-state index in [1.165, 1.54) is 0 Å². The van der Waals surface area contributed by atoms with E-state index >= 15 is 0 Å². The fourth-order valence-corrected chi connectivity index (χ4v) is 1.36. The van der Waals surface area contributed by atoms with Gasteiger partial charge in [-0.05, 0) is 19.3 Å². The van der Waals surface area contributed by atoms with Crippen molar-refractivity contribution in [2.75, 3.05) is 12.0 Å². The van der Waals surface area contributed by atoms with Gasteiger partial charge in [-0.15, -0.1) is 6.58 Å². The van der Waals surface area contributed by atoms with Crippen LogP contribution in [-0.2, 0) is 6.42 Å². The van der Waals surface area contributed by atoms with Crippen molar-refractivity contribution in [1.29, 1.82) is 0 Å². The third kappa shape index (κ3) is 4.82. The topological polar surface area (TPSA) is 73.1 Å². The fraction of sp³-hybridized carbons (Fsp3) is 0.500. The number of hydrogen-bond acceptors (Lipinski definition) is 5. The van der Waals surface area contributed by atoms with Gasteiger partial charge in [0, 0.05) is 12.5 Å². The molecule has 0 saturated heterocycles. The second-order valence-corrected chi connectivity index (χ2v) is 3.68. The van der Waals surface area contributed by atoms with E-state index in [0.29, 0.717) is 18.3 Å². The van der Waals surface area contributed by atoms with Crippen molar-refractivity contribution in [1.82, 2.24) is 9.97 Å². The van der Waals surface area contributed by atoms with Crippen molar-refractivity contribution >= 4 is 5.82 Å². The van der Waals surface area contributed by atoms with Crippen molar-refractivity contribution in [3.8, 4) is 5.88 Å². The third-order valence-corrected chi connectivity index (χ3v) is 2.17. The predicted molar refractivity (Wildman–Crippen MR) is 68.8 cm³/mol. The third-order valence-electron chi connectivity index (χ3n) is 2.17. The second-order valence-electron chi connectivity index (χ2n) is 3.68. The number of nitrogens with zero attached hydrogens (tertiary/aromatic N) is 2. The highest BCUT2D eigenvalue weighted by atomic mass is 16.5. The number of ether oxygens (including phenoxy) is 1. The van der Waals surface area contributed by atoms with Crippen molar-refractivity contribution in [3.05, 3.63) is 24.5 Å². The molecule has 5 heteroatoms. The summed E-state index contributed by atoms with van der Waals surface area (Å²) in [6.45, 7) is 6.37.